The van der Waals surface area contributed by atoms with Crippen molar-refractivity contribution in [2.45, 2.75) is 43.7 Å². The zero-order valence-electron chi connectivity index (χ0n) is 12.1. The van der Waals surface area contributed by atoms with E-state index in [1.807, 2.05) is 16.7 Å². The number of hydrogen-bond acceptors (Lipinski definition) is 5. The van der Waals surface area contributed by atoms with Gasteiger partial charge in [-0.3, -0.25) is 9.69 Å². The Morgan fingerprint density at radius 2 is 2.33 bits per heavy atom. The highest BCUT2D eigenvalue weighted by molar-refractivity contribution is 7.98. The van der Waals surface area contributed by atoms with Gasteiger partial charge in [0.05, 0.1) is 5.69 Å². The number of rotatable bonds is 6. The third-order valence-corrected chi connectivity index (χ3v) is 6.73. The highest BCUT2D eigenvalue weighted by Gasteiger charge is 2.33. The van der Waals surface area contributed by atoms with Gasteiger partial charge in [-0.15, -0.1) is 34.4 Å². The molecule has 1 fully saturated rings. The summed E-state index contributed by atoms with van der Waals surface area (Å²) in [4.78, 5) is 19.7. The molecular weight excluding hydrogens is 320 g/mol. The average Bonchev–Trinajstić information content (AvgIpc) is 2.94. The molecule has 1 aliphatic carbocycles. The van der Waals surface area contributed by atoms with E-state index in [0.717, 1.165) is 29.4 Å². The molecular formula is C15H18N2OS3. The van der Waals surface area contributed by atoms with Crippen molar-refractivity contribution in [3.63, 3.8) is 0 Å². The molecule has 1 unspecified atom stereocenters. The highest BCUT2D eigenvalue weighted by atomic mass is 32.2. The Morgan fingerprint density at radius 1 is 1.52 bits per heavy atom. The molecule has 0 N–H and O–H groups in total. The van der Waals surface area contributed by atoms with Crippen LogP contribution in [0, 0.1) is 0 Å². The summed E-state index contributed by atoms with van der Waals surface area (Å²) in [5, 5.41) is 5.56. The van der Waals surface area contributed by atoms with Crippen LogP contribution in [0.3, 0.4) is 0 Å². The fourth-order valence-corrected chi connectivity index (χ4v) is 5.06. The molecule has 1 amide bonds. The van der Waals surface area contributed by atoms with E-state index in [0.29, 0.717) is 11.3 Å². The molecule has 3 rings (SSSR count). The predicted octanol–water partition coefficient (Wildman–Crippen LogP) is 4.71. The first kappa shape index (κ1) is 15.1. The standard InChI is InChI=1S/C15H18N2OS3/c1-10(14-4-3-7-19-14)20-8-12-9-21-15(16-12)17(11(2)18)13-5-6-13/h3-4,7,9-10,13H,5-6,8H2,1-2H3. The fourth-order valence-electron chi connectivity index (χ4n) is 2.17. The van der Waals surface area contributed by atoms with Crippen LogP contribution in [0.1, 0.15) is 42.5 Å². The number of hydrogen-bond donors (Lipinski definition) is 0. The Hall–Kier alpha value is -0.850. The number of aromatic nitrogens is 1. The third kappa shape index (κ3) is 3.67. The lowest BCUT2D eigenvalue weighted by atomic mass is 10.4. The normalized spacial score (nSPS) is 15.9. The highest BCUT2D eigenvalue weighted by Crippen LogP contribution is 2.36. The molecule has 6 heteroatoms. The van der Waals surface area contributed by atoms with Gasteiger partial charge in [0.2, 0.25) is 5.91 Å². The minimum Gasteiger partial charge on any atom is -0.285 e. The molecule has 2 aromatic heterocycles. The molecule has 21 heavy (non-hydrogen) atoms. The summed E-state index contributed by atoms with van der Waals surface area (Å²) in [6.07, 6.45) is 2.22. The van der Waals surface area contributed by atoms with Crippen LogP contribution in [0.2, 0.25) is 0 Å². The SMILES string of the molecule is CC(=O)N(c1nc(CSC(C)c2cccs2)cs1)C1CC1. The van der Waals surface area contributed by atoms with Crippen molar-refractivity contribution < 1.29 is 4.79 Å². The molecule has 112 valence electrons. The first-order valence-corrected chi connectivity index (χ1v) is 9.85. The molecule has 0 saturated heterocycles. The van der Waals surface area contributed by atoms with Crippen LogP contribution < -0.4 is 4.90 Å². The van der Waals surface area contributed by atoms with Gasteiger partial charge in [0.15, 0.2) is 5.13 Å². The van der Waals surface area contributed by atoms with Crippen molar-refractivity contribution in [2.75, 3.05) is 4.90 Å². The average molecular weight is 339 g/mol. The maximum atomic E-state index is 11.7. The summed E-state index contributed by atoms with van der Waals surface area (Å²) in [7, 11) is 0. The van der Waals surface area contributed by atoms with Crippen molar-refractivity contribution >= 4 is 45.5 Å². The van der Waals surface area contributed by atoms with E-state index >= 15 is 0 Å². The number of nitrogens with zero attached hydrogens (tertiary/aromatic N) is 2. The molecule has 0 aromatic carbocycles. The molecule has 2 aromatic rings. The molecule has 0 bridgehead atoms. The lowest BCUT2D eigenvalue weighted by Crippen LogP contribution is -2.30. The summed E-state index contributed by atoms with van der Waals surface area (Å²) < 4.78 is 0. The van der Waals surface area contributed by atoms with E-state index in [9.17, 15) is 4.79 Å². The quantitative estimate of drug-likeness (QED) is 0.764. The maximum absolute atomic E-state index is 11.7. The lowest BCUT2D eigenvalue weighted by Gasteiger charge is -2.16. The molecule has 1 aliphatic rings. The summed E-state index contributed by atoms with van der Waals surface area (Å²) >= 11 is 5.28. The number of thiazole rings is 1. The van der Waals surface area contributed by atoms with Crippen molar-refractivity contribution in [3.8, 4) is 0 Å². The molecule has 1 saturated carbocycles. The second kappa shape index (κ2) is 6.50. The molecule has 3 nitrogen and oxygen atoms in total. The topological polar surface area (TPSA) is 33.2 Å². The van der Waals surface area contributed by atoms with E-state index in [4.69, 9.17) is 0 Å². The van der Waals surface area contributed by atoms with Gasteiger partial charge in [-0.25, -0.2) is 4.98 Å². The first-order valence-electron chi connectivity index (χ1n) is 7.04. The molecule has 0 radical (unpaired) electrons. The van der Waals surface area contributed by atoms with Crippen LogP contribution in [0.15, 0.2) is 22.9 Å². The third-order valence-electron chi connectivity index (χ3n) is 3.42. The van der Waals surface area contributed by atoms with E-state index in [-0.39, 0.29) is 5.91 Å². The van der Waals surface area contributed by atoms with Gasteiger partial charge in [0.1, 0.15) is 0 Å². The van der Waals surface area contributed by atoms with E-state index in [2.05, 4.69) is 34.8 Å². The van der Waals surface area contributed by atoms with Gasteiger partial charge in [-0.05, 0) is 31.2 Å². The minimum atomic E-state index is 0.109. The van der Waals surface area contributed by atoms with Crippen molar-refractivity contribution in [2.24, 2.45) is 0 Å². The Kier molecular flexibility index (Phi) is 4.66. The molecule has 1 atom stereocenters. The Balaban J connectivity index is 1.61. The number of thioether (sulfide) groups is 1. The van der Waals surface area contributed by atoms with Crippen LogP contribution in [0.25, 0.3) is 0 Å². The molecule has 0 aliphatic heterocycles. The van der Waals surface area contributed by atoms with Crippen LogP contribution in [-0.2, 0) is 10.5 Å². The minimum absolute atomic E-state index is 0.109. The zero-order chi connectivity index (χ0) is 14.8. The Labute approximate surface area is 137 Å². The van der Waals surface area contributed by atoms with Gasteiger partial charge in [-0.2, -0.15) is 0 Å². The number of carbonyl (C=O) groups is 1. The zero-order valence-corrected chi connectivity index (χ0v) is 14.6. The smallest absolute Gasteiger partial charge is 0.225 e. The van der Waals surface area contributed by atoms with Gasteiger partial charge in [0, 0.05) is 34.2 Å². The predicted molar refractivity (Wildman–Crippen MR) is 92.3 cm³/mol. The van der Waals surface area contributed by atoms with E-state index in [1.165, 1.54) is 4.88 Å². The monoisotopic (exact) mass is 338 g/mol. The number of carbonyl (C=O) groups excluding carboxylic acids is 1. The van der Waals surface area contributed by atoms with Gasteiger partial charge >= 0.3 is 0 Å². The maximum Gasteiger partial charge on any atom is 0.225 e. The van der Waals surface area contributed by atoms with Gasteiger partial charge < -0.3 is 0 Å². The van der Waals surface area contributed by atoms with Crippen LogP contribution >= 0.6 is 34.4 Å². The fraction of sp³-hybridized carbons (Fsp3) is 0.467. The van der Waals surface area contributed by atoms with Crippen molar-refractivity contribution in [1.29, 1.82) is 0 Å². The van der Waals surface area contributed by atoms with E-state index < -0.39 is 0 Å². The number of amides is 1. The summed E-state index contributed by atoms with van der Waals surface area (Å²) in [6.45, 7) is 3.86. The Morgan fingerprint density at radius 3 is 2.95 bits per heavy atom. The van der Waals surface area contributed by atoms with Crippen LogP contribution in [0.4, 0.5) is 5.13 Å². The summed E-state index contributed by atoms with van der Waals surface area (Å²) in [5.41, 5.74) is 1.08. The first-order chi connectivity index (χ1) is 10.1. The number of anilines is 1. The Bertz CT molecular complexity index is 604. The van der Waals surface area contributed by atoms with Crippen LogP contribution in [0.5, 0.6) is 0 Å². The largest absolute Gasteiger partial charge is 0.285 e. The second-order valence-electron chi connectivity index (χ2n) is 5.21. The van der Waals surface area contributed by atoms with Crippen molar-refractivity contribution in [1.82, 2.24) is 4.98 Å². The second-order valence-corrected chi connectivity index (χ2v) is 8.36. The summed E-state index contributed by atoms with van der Waals surface area (Å²) in [5.74, 6) is 1.00. The van der Waals surface area contributed by atoms with Gasteiger partial charge in [-0.1, -0.05) is 6.07 Å². The molecule has 0 spiro atoms. The lowest BCUT2D eigenvalue weighted by molar-refractivity contribution is -0.116. The van der Waals surface area contributed by atoms with Gasteiger partial charge in [0.25, 0.3) is 0 Å². The van der Waals surface area contributed by atoms with Crippen LogP contribution in [-0.4, -0.2) is 16.9 Å². The summed E-state index contributed by atoms with van der Waals surface area (Å²) in [6, 6.07) is 4.66. The van der Waals surface area contributed by atoms with E-state index in [1.54, 1.807) is 29.6 Å². The number of thiophene rings is 1. The molecule has 2 heterocycles. The van der Waals surface area contributed by atoms with Crippen molar-refractivity contribution in [3.05, 3.63) is 33.5 Å².